The van der Waals surface area contributed by atoms with Crippen molar-refractivity contribution in [2.24, 2.45) is 0 Å². The highest BCUT2D eigenvalue weighted by molar-refractivity contribution is 6.30. The van der Waals surface area contributed by atoms with Gasteiger partial charge in [0.1, 0.15) is 5.82 Å². The maximum Gasteiger partial charge on any atom is 0.223 e. The number of fused-ring (bicyclic) bond motifs is 1. The highest BCUT2D eigenvalue weighted by Gasteiger charge is 2.27. The third kappa shape index (κ3) is 4.92. The number of hydrogen-bond donors (Lipinski definition) is 0. The van der Waals surface area contributed by atoms with Crippen LogP contribution >= 0.6 is 11.6 Å². The lowest BCUT2D eigenvalue weighted by Crippen LogP contribution is -2.49. The van der Waals surface area contributed by atoms with Gasteiger partial charge in [-0.3, -0.25) is 4.79 Å². The molecule has 1 fully saturated rings. The number of piperazine rings is 1. The van der Waals surface area contributed by atoms with Crippen LogP contribution in [-0.2, 0) is 11.3 Å². The summed E-state index contributed by atoms with van der Waals surface area (Å²) in [6.45, 7) is 5.82. The fourth-order valence-electron chi connectivity index (χ4n) is 5.11. The zero-order chi connectivity index (χ0) is 24.4. The van der Waals surface area contributed by atoms with Gasteiger partial charge in [-0.15, -0.1) is 0 Å². The van der Waals surface area contributed by atoms with Crippen LogP contribution in [0, 0.1) is 5.82 Å². The van der Waals surface area contributed by atoms with Gasteiger partial charge in [-0.05, 0) is 54.4 Å². The Balaban J connectivity index is 1.39. The first-order valence-electron chi connectivity index (χ1n) is 12.1. The first-order valence-corrected chi connectivity index (χ1v) is 12.5. The number of nitrogens with zero attached hydrogens (tertiary/aromatic N) is 3. The molecule has 1 aliphatic heterocycles. The van der Waals surface area contributed by atoms with Crippen LogP contribution in [0.25, 0.3) is 10.9 Å². The van der Waals surface area contributed by atoms with Gasteiger partial charge >= 0.3 is 0 Å². The summed E-state index contributed by atoms with van der Waals surface area (Å²) >= 11 is 6.16. The highest BCUT2D eigenvalue weighted by Crippen LogP contribution is 2.35. The Labute approximate surface area is 210 Å². The molecule has 0 N–H and O–H groups in total. The van der Waals surface area contributed by atoms with Crippen molar-refractivity contribution < 1.29 is 9.18 Å². The predicted octanol–water partition coefficient (Wildman–Crippen LogP) is 6.32. The van der Waals surface area contributed by atoms with Gasteiger partial charge in [0.25, 0.3) is 0 Å². The van der Waals surface area contributed by atoms with Gasteiger partial charge in [0.2, 0.25) is 5.91 Å². The summed E-state index contributed by atoms with van der Waals surface area (Å²) in [4.78, 5) is 17.8. The minimum Gasteiger partial charge on any atom is -0.368 e. The largest absolute Gasteiger partial charge is 0.368 e. The van der Waals surface area contributed by atoms with E-state index in [0.717, 1.165) is 52.4 Å². The van der Waals surface area contributed by atoms with Crippen LogP contribution in [-0.4, -0.2) is 41.6 Å². The lowest BCUT2D eigenvalue weighted by atomic mass is 9.87. The minimum absolute atomic E-state index is 0.124. The van der Waals surface area contributed by atoms with Crippen molar-refractivity contribution in [3.63, 3.8) is 0 Å². The van der Waals surface area contributed by atoms with E-state index in [1.807, 2.05) is 47.4 Å². The number of carbonyl (C=O) groups is 1. The molecule has 0 radical (unpaired) electrons. The van der Waals surface area contributed by atoms with E-state index in [-0.39, 0.29) is 17.6 Å². The van der Waals surface area contributed by atoms with E-state index < -0.39 is 0 Å². The Morgan fingerprint density at radius 2 is 1.71 bits per heavy atom. The van der Waals surface area contributed by atoms with Crippen LogP contribution in [0.3, 0.4) is 0 Å². The predicted molar refractivity (Wildman–Crippen MR) is 141 cm³/mol. The number of benzene rings is 3. The van der Waals surface area contributed by atoms with Crippen LogP contribution in [0.4, 0.5) is 10.1 Å². The maximum atomic E-state index is 13.7. The number of rotatable bonds is 6. The van der Waals surface area contributed by atoms with Gasteiger partial charge < -0.3 is 14.4 Å². The molecule has 1 atom stereocenters. The highest BCUT2D eigenvalue weighted by atomic mass is 35.5. The molecule has 1 aliphatic rings. The Morgan fingerprint density at radius 3 is 2.43 bits per heavy atom. The second-order valence-electron chi connectivity index (χ2n) is 9.04. The van der Waals surface area contributed by atoms with Crippen molar-refractivity contribution >= 4 is 34.1 Å². The molecule has 3 aromatic carbocycles. The molecule has 1 aromatic heterocycles. The fourth-order valence-corrected chi connectivity index (χ4v) is 5.29. The smallest absolute Gasteiger partial charge is 0.223 e. The molecule has 35 heavy (non-hydrogen) atoms. The van der Waals surface area contributed by atoms with Gasteiger partial charge in [0.05, 0.1) is 0 Å². The second kappa shape index (κ2) is 10.1. The summed E-state index contributed by atoms with van der Waals surface area (Å²) in [5, 5.41) is 1.86. The van der Waals surface area contributed by atoms with Crippen LogP contribution in [0.5, 0.6) is 0 Å². The molecule has 0 aliphatic carbocycles. The number of amides is 1. The molecule has 1 saturated heterocycles. The van der Waals surface area contributed by atoms with E-state index >= 15 is 0 Å². The minimum atomic E-state index is -0.271. The third-order valence-corrected chi connectivity index (χ3v) is 7.23. The number of anilines is 1. The van der Waals surface area contributed by atoms with Gasteiger partial charge in [-0.25, -0.2) is 4.39 Å². The Hall–Kier alpha value is -3.31. The summed E-state index contributed by atoms with van der Waals surface area (Å²) in [5.74, 6) is -0.294. The molecule has 0 spiro atoms. The van der Waals surface area contributed by atoms with Crippen molar-refractivity contribution in [3.05, 3.63) is 101 Å². The van der Waals surface area contributed by atoms with E-state index in [1.54, 1.807) is 0 Å². The average molecular weight is 490 g/mol. The SMILES string of the molecule is CCn1cc([C@H](CC(=O)N2CCN(c3cccc(Cl)c3)CC2)c2ccc(F)cc2)c2ccccc21. The summed E-state index contributed by atoms with van der Waals surface area (Å²) in [7, 11) is 0. The molecular weight excluding hydrogens is 461 g/mol. The third-order valence-electron chi connectivity index (χ3n) is 6.99. The maximum absolute atomic E-state index is 13.7. The second-order valence-corrected chi connectivity index (χ2v) is 9.48. The fraction of sp³-hybridized carbons (Fsp3) is 0.276. The number of aryl methyl sites for hydroxylation is 1. The zero-order valence-corrected chi connectivity index (χ0v) is 20.6. The standard InChI is InChI=1S/C29H29ClFN3O/c1-2-32-20-27(25-8-3-4-9-28(25)32)26(21-10-12-23(31)13-11-21)19-29(35)34-16-14-33(15-17-34)24-7-5-6-22(30)18-24/h3-13,18,20,26H,2,14-17,19H2,1H3/t26-/m1/s1. The average Bonchev–Trinajstić information content (AvgIpc) is 3.26. The van der Waals surface area contributed by atoms with E-state index in [1.165, 1.54) is 12.1 Å². The van der Waals surface area contributed by atoms with Crippen molar-refractivity contribution in [3.8, 4) is 0 Å². The summed E-state index contributed by atoms with van der Waals surface area (Å²) in [6, 6.07) is 22.7. The topological polar surface area (TPSA) is 28.5 Å². The first-order chi connectivity index (χ1) is 17.0. The summed E-state index contributed by atoms with van der Waals surface area (Å²) < 4.78 is 15.9. The first kappa shape index (κ1) is 23.4. The summed E-state index contributed by atoms with van der Waals surface area (Å²) in [6.07, 6.45) is 2.50. The monoisotopic (exact) mass is 489 g/mol. The molecule has 6 heteroatoms. The van der Waals surface area contributed by atoms with Crippen LogP contribution in [0.15, 0.2) is 79.0 Å². The molecule has 4 aromatic rings. The number of halogens is 2. The van der Waals surface area contributed by atoms with Gasteiger partial charge in [-0.2, -0.15) is 0 Å². The number of para-hydroxylation sites is 1. The van der Waals surface area contributed by atoms with Crippen molar-refractivity contribution in [1.29, 1.82) is 0 Å². The molecule has 2 heterocycles. The number of aromatic nitrogens is 1. The van der Waals surface area contributed by atoms with Gasteiger partial charge in [0, 0.05) is 72.9 Å². The Kier molecular flexibility index (Phi) is 6.78. The number of hydrogen-bond acceptors (Lipinski definition) is 2. The molecule has 0 unspecified atom stereocenters. The van der Waals surface area contributed by atoms with E-state index in [0.29, 0.717) is 19.5 Å². The molecular formula is C29H29ClFN3O. The van der Waals surface area contributed by atoms with Gasteiger partial charge in [0.15, 0.2) is 0 Å². The van der Waals surface area contributed by atoms with Crippen molar-refractivity contribution in [1.82, 2.24) is 9.47 Å². The van der Waals surface area contributed by atoms with Crippen molar-refractivity contribution in [2.75, 3.05) is 31.1 Å². The summed E-state index contributed by atoms with van der Waals surface area (Å²) in [5.41, 5.74) is 4.30. The molecule has 0 saturated carbocycles. The number of carbonyl (C=O) groups excluding carboxylic acids is 1. The molecule has 4 nitrogen and oxygen atoms in total. The van der Waals surface area contributed by atoms with E-state index in [4.69, 9.17) is 11.6 Å². The lowest BCUT2D eigenvalue weighted by Gasteiger charge is -2.36. The molecule has 180 valence electrons. The van der Waals surface area contributed by atoms with Crippen LogP contribution in [0.1, 0.15) is 30.4 Å². The molecule has 1 amide bonds. The quantitative estimate of drug-likeness (QED) is 0.317. The van der Waals surface area contributed by atoms with Crippen LogP contribution in [0.2, 0.25) is 5.02 Å². The Bertz CT molecular complexity index is 1330. The van der Waals surface area contributed by atoms with Crippen LogP contribution < -0.4 is 4.90 Å². The molecule has 5 rings (SSSR count). The van der Waals surface area contributed by atoms with Crippen molar-refractivity contribution in [2.45, 2.75) is 25.8 Å². The Morgan fingerprint density at radius 1 is 0.971 bits per heavy atom. The van der Waals surface area contributed by atoms with E-state index in [2.05, 4.69) is 40.8 Å². The zero-order valence-electron chi connectivity index (χ0n) is 19.8. The lowest BCUT2D eigenvalue weighted by molar-refractivity contribution is -0.131. The molecule has 0 bridgehead atoms. The van der Waals surface area contributed by atoms with E-state index in [9.17, 15) is 9.18 Å². The van der Waals surface area contributed by atoms with Gasteiger partial charge in [-0.1, -0.05) is 48.0 Å². The normalized spacial score (nSPS) is 14.9.